The fraction of sp³-hybridized carbons (Fsp3) is 0.600. The van der Waals surface area contributed by atoms with Crippen molar-refractivity contribution in [3.8, 4) is 0 Å². The Balaban J connectivity index is 2.21. The van der Waals surface area contributed by atoms with Crippen LogP contribution in [0.5, 0.6) is 0 Å². The molecule has 0 spiro atoms. The average molecular weight is 212 g/mol. The standard InChI is InChI=1S/C10H14ClN3/c1-7-5-14(6-8(7)2)10-9(11)12-3-4-13-10/h3-4,7-8H,5-6H2,1-2H3. The van der Waals surface area contributed by atoms with Crippen molar-refractivity contribution in [1.29, 1.82) is 0 Å². The van der Waals surface area contributed by atoms with Crippen molar-refractivity contribution in [2.75, 3.05) is 18.0 Å². The third-order valence-corrected chi connectivity index (χ3v) is 3.19. The summed E-state index contributed by atoms with van der Waals surface area (Å²) in [6, 6.07) is 0. The average Bonchev–Trinajstić information content (AvgIpc) is 2.48. The molecule has 2 rings (SSSR count). The van der Waals surface area contributed by atoms with E-state index in [1.165, 1.54) is 0 Å². The first-order valence-electron chi connectivity index (χ1n) is 4.90. The largest absolute Gasteiger partial charge is 0.354 e. The summed E-state index contributed by atoms with van der Waals surface area (Å²) in [4.78, 5) is 10.5. The summed E-state index contributed by atoms with van der Waals surface area (Å²) < 4.78 is 0. The lowest BCUT2D eigenvalue weighted by Gasteiger charge is -2.17. The molecule has 0 aliphatic carbocycles. The van der Waals surface area contributed by atoms with Crippen molar-refractivity contribution in [3.63, 3.8) is 0 Å². The number of anilines is 1. The fourth-order valence-electron chi connectivity index (χ4n) is 1.83. The van der Waals surface area contributed by atoms with E-state index in [1.807, 2.05) is 0 Å². The van der Waals surface area contributed by atoms with E-state index in [1.54, 1.807) is 12.4 Å². The second-order valence-corrected chi connectivity index (χ2v) is 4.39. The van der Waals surface area contributed by atoms with Crippen molar-refractivity contribution in [2.24, 2.45) is 11.8 Å². The summed E-state index contributed by atoms with van der Waals surface area (Å²) in [5.41, 5.74) is 0. The van der Waals surface area contributed by atoms with Crippen molar-refractivity contribution < 1.29 is 0 Å². The van der Waals surface area contributed by atoms with Crippen molar-refractivity contribution in [1.82, 2.24) is 9.97 Å². The third-order valence-electron chi connectivity index (χ3n) is 2.92. The molecule has 0 amide bonds. The van der Waals surface area contributed by atoms with Crippen LogP contribution in [0.15, 0.2) is 12.4 Å². The Labute approximate surface area is 89.1 Å². The molecule has 0 radical (unpaired) electrons. The van der Waals surface area contributed by atoms with Gasteiger partial charge in [-0.3, -0.25) is 0 Å². The zero-order valence-corrected chi connectivity index (χ0v) is 9.20. The zero-order valence-electron chi connectivity index (χ0n) is 8.44. The van der Waals surface area contributed by atoms with E-state index < -0.39 is 0 Å². The SMILES string of the molecule is CC1CN(c2nccnc2Cl)CC1C. The minimum atomic E-state index is 0.508. The quantitative estimate of drug-likeness (QED) is 0.714. The maximum atomic E-state index is 5.98. The maximum Gasteiger partial charge on any atom is 0.171 e. The summed E-state index contributed by atoms with van der Waals surface area (Å²) in [7, 11) is 0. The number of nitrogens with zero attached hydrogens (tertiary/aromatic N) is 3. The van der Waals surface area contributed by atoms with E-state index in [0.717, 1.165) is 18.9 Å². The minimum absolute atomic E-state index is 0.508. The van der Waals surface area contributed by atoms with Gasteiger partial charge < -0.3 is 4.90 Å². The summed E-state index contributed by atoms with van der Waals surface area (Å²) >= 11 is 5.98. The van der Waals surface area contributed by atoms with Gasteiger partial charge in [-0.2, -0.15) is 0 Å². The normalized spacial score (nSPS) is 26.9. The van der Waals surface area contributed by atoms with Crippen LogP contribution in [0.2, 0.25) is 5.15 Å². The van der Waals surface area contributed by atoms with Crippen molar-refractivity contribution in [3.05, 3.63) is 17.5 Å². The molecule has 76 valence electrons. The molecular weight excluding hydrogens is 198 g/mol. The number of rotatable bonds is 1. The third kappa shape index (κ3) is 1.69. The van der Waals surface area contributed by atoms with Crippen LogP contribution in [0.4, 0.5) is 5.82 Å². The predicted molar refractivity (Wildman–Crippen MR) is 57.6 cm³/mol. The Morgan fingerprint density at radius 1 is 1.21 bits per heavy atom. The van der Waals surface area contributed by atoms with Crippen LogP contribution < -0.4 is 4.90 Å². The molecule has 1 aliphatic rings. The first-order chi connectivity index (χ1) is 6.68. The first-order valence-corrected chi connectivity index (χ1v) is 5.27. The molecule has 14 heavy (non-hydrogen) atoms. The van der Waals surface area contributed by atoms with Gasteiger partial charge in [0.2, 0.25) is 0 Å². The molecule has 2 heterocycles. The fourth-order valence-corrected chi connectivity index (χ4v) is 2.05. The monoisotopic (exact) mass is 211 g/mol. The van der Waals surface area contributed by atoms with Gasteiger partial charge in [0.15, 0.2) is 11.0 Å². The molecule has 0 saturated carbocycles. The Bertz CT molecular complexity index is 319. The van der Waals surface area contributed by atoms with E-state index in [4.69, 9.17) is 11.6 Å². The van der Waals surface area contributed by atoms with Crippen molar-refractivity contribution >= 4 is 17.4 Å². The molecule has 0 aromatic carbocycles. The number of hydrogen-bond donors (Lipinski definition) is 0. The molecular formula is C10H14ClN3. The van der Waals surface area contributed by atoms with Crippen LogP contribution >= 0.6 is 11.6 Å². The number of aromatic nitrogens is 2. The van der Waals surface area contributed by atoms with E-state index in [0.29, 0.717) is 17.0 Å². The molecule has 0 bridgehead atoms. The van der Waals surface area contributed by atoms with Crippen LogP contribution in [-0.2, 0) is 0 Å². The Morgan fingerprint density at radius 2 is 1.79 bits per heavy atom. The molecule has 1 aliphatic heterocycles. The smallest absolute Gasteiger partial charge is 0.171 e. The highest BCUT2D eigenvalue weighted by molar-refractivity contribution is 6.31. The van der Waals surface area contributed by atoms with Crippen LogP contribution in [0.25, 0.3) is 0 Å². The minimum Gasteiger partial charge on any atom is -0.354 e. The highest BCUT2D eigenvalue weighted by atomic mass is 35.5. The van der Waals surface area contributed by atoms with Crippen molar-refractivity contribution in [2.45, 2.75) is 13.8 Å². The lowest BCUT2D eigenvalue weighted by atomic mass is 10.0. The zero-order chi connectivity index (χ0) is 10.1. The lowest BCUT2D eigenvalue weighted by molar-refractivity contribution is 0.494. The predicted octanol–water partition coefficient (Wildman–Crippen LogP) is 2.22. The van der Waals surface area contributed by atoms with Gasteiger partial charge in [0.05, 0.1) is 0 Å². The Kier molecular flexibility index (Phi) is 2.59. The first kappa shape index (κ1) is 9.71. The van der Waals surface area contributed by atoms with Gasteiger partial charge in [0.1, 0.15) is 0 Å². The Hall–Kier alpha value is -0.830. The van der Waals surface area contributed by atoms with Gasteiger partial charge in [-0.05, 0) is 11.8 Å². The van der Waals surface area contributed by atoms with E-state index in [9.17, 15) is 0 Å². The molecule has 1 fully saturated rings. The van der Waals surface area contributed by atoms with Crippen LogP contribution in [-0.4, -0.2) is 23.1 Å². The molecule has 2 unspecified atom stereocenters. The van der Waals surface area contributed by atoms with Gasteiger partial charge in [-0.25, -0.2) is 9.97 Å². The highest BCUT2D eigenvalue weighted by Gasteiger charge is 2.28. The highest BCUT2D eigenvalue weighted by Crippen LogP contribution is 2.29. The van der Waals surface area contributed by atoms with Gasteiger partial charge >= 0.3 is 0 Å². The summed E-state index contributed by atoms with van der Waals surface area (Å²) in [5, 5.41) is 0.508. The number of halogens is 1. The van der Waals surface area contributed by atoms with E-state index in [2.05, 4.69) is 28.7 Å². The molecule has 3 nitrogen and oxygen atoms in total. The summed E-state index contributed by atoms with van der Waals surface area (Å²) in [5.74, 6) is 2.23. The topological polar surface area (TPSA) is 29.0 Å². The van der Waals surface area contributed by atoms with Gasteiger partial charge in [0, 0.05) is 25.5 Å². The molecule has 0 N–H and O–H groups in total. The summed E-state index contributed by atoms with van der Waals surface area (Å²) in [6.45, 7) is 6.57. The van der Waals surface area contributed by atoms with Crippen LogP contribution in [0, 0.1) is 11.8 Å². The van der Waals surface area contributed by atoms with Crippen LogP contribution in [0.3, 0.4) is 0 Å². The maximum absolute atomic E-state index is 5.98. The number of hydrogen-bond acceptors (Lipinski definition) is 3. The molecule has 2 atom stereocenters. The van der Waals surface area contributed by atoms with Gasteiger partial charge in [-0.1, -0.05) is 25.4 Å². The second kappa shape index (κ2) is 3.73. The van der Waals surface area contributed by atoms with Gasteiger partial charge in [-0.15, -0.1) is 0 Å². The summed E-state index contributed by atoms with van der Waals surface area (Å²) in [6.07, 6.45) is 3.31. The molecule has 1 aromatic rings. The van der Waals surface area contributed by atoms with E-state index in [-0.39, 0.29) is 0 Å². The molecule has 4 heteroatoms. The van der Waals surface area contributed by atoms with Gasteiger partial charge in [0.25, 0.3) is 0 Å². The second-order valence-electron chi connectivity index (χ2n) is 4.03. The molecule has 1 aromatic heterocycles. The van der Waals surface area contributed by atoms with Crippen LogP contribution in [0.1, 0.15) is 13.8 Å². The Morgan fingerprint density at radius 3 is 2.36 bits per heavy atom. The van der Waals surface area contributed by atoms with E-state index >= 15 is 0 Å². The lowest BCUT2D eigenvalue weighted by Crippen LogP contribution is -2.21. The molecule has 1 saturated heterocycles.